The predicted octanol–water partition coefficient (Wildman–Crippen LogP) is 5.01. The van der Waals surface area contributed by atoms with Crippen molar-refractivity contribution in [3.05, 3.63) is 59.4 Å². The molecule has 1 saturated carbocycles. The quantitative estimate of drug-likeness (QED) is 0.612. The van der Waals surface area contributed by atoms with Gasteiger partial charge in [-0.25, -0.2) is 18.0 Å². The number of rotatable bonds is 4. The van der Waals surface area contributed by atoms with E-state index in [4.69, 9.17) is 9.47 Å². The molecule has 2 aliphatic rings. The highest BCUT2D eigenvalue weighted by atomic mass is 19.1. The van der Waals surface area contributed by atoms with E-state index in [1.807, 2.05) is 0 Å². The van der Waals surface area contributed by atoms with Gasteiger partial charge in [0.2, 0.25) is 0 Å². The summed E-state index contributed by atoms with van der Waals surface area (Å²) in [6.45, 7) is 1.10. The van der Waals surface area contributed by atoms with Crippen molar-refractivity contribution in [2.75, 3.05) is 13.2 Å². The lowest BCUT2D eigenvalue weighted by Gasteiger charge is -2.35. The number of ether oxygens (including phenoxy) is 2. The molecule has 5 rings (SSSR count). The van der Waals surface area contributed by atoms with Gasteiger partial charge in [-0.05, 0) is 66.6 Å². The van der Waals surface area contributed by atoms with E-state index in [0.29, 0.717) is 42.7 Å². The van der Waals surface area contributed by atoms with Crippen LogP contribution in [0.2, 0.25) is 0 Å². The summed E-state index contributed by atoms with van der Waals surface area (Å²) in [5.41, 5.74) is 2.26. The number of H-pyrrole nitrogens is 1. The molecule has 1 atom stereocenters. The normalized spacial score (nSPS) is 23.0. The third kappa shape index (κ3) is 3.87. The number of carbonyl (C=O) groups excluding carboxylic acids is 1. The van der Waals surface area contributed by atoms with Crippen molar-refractivity contribution >= 4 is 17.0 Å². The summed E-state index contributed by atoms with van der Waals surface area (Å²) in [7, 11) is 0. The van der Waals surface area contributed by atoms with Crippen molar-refractivity contribution in [3.8, 4) is 11.3 Å². The van der Waals surface area contributed by atoms with Gasteiger partial charge in [-0.1, -0.05) is 0 Å². The molecule has 0 radical (unpaired) electrons. The number of carbonyl (C=O) groups is 1. The summed E-state index contributed by atoms with van der Waals surface area (Å²) in [5, 5.41) is 3.24. The van der Waals surface area contributed by atoms with Crippen LogP contribution in [-0.4, -0.2) is 36.4 Å². The smallest absolute Gasteiger partial charge is 0.407 e. The van der Waals surface area contributed by atoms with Gasteiger partial charge in [0.15, 0.2) is 0 Å². The molecule has 3 aromatic rings. The van der Waals surface area contributed by atoms with E-state index in [9.17, 15) is 18.0 Å². The van der Waals surface area contributed by atoms with Crippen molar-refractivity contribution in [1.82, 2.24) is 10.3 Å². The molecule has 0 bridgehead atoms. The highest BCUT2D eigenvalue weighted by Crippen LogP contribution is 2.46. The summed E-state index contributed by atoms with van der Waals surface area (Å²) in [6.07, 6.45) is 1.07. The standard InChI is InChI=1S/C23H21F3N2O3/c24-14-3-1-12(2-4-14)21-20(18-9-15(25)10-19(26)22(18)28-21)13-7-17(8-13)31-23(29)27-16-5-6-30-11-16/h1-4,9-10,13,16-17,28H,5-8,11H2,(H,27,29)/t13-,16?,17-. The fourth-order valence-electron chi connectivity index (χ4n) is 4.41. The van der Waals surface area contributed by atoms with E-state index in [2.05, 4.69) is 10.3 Å². The molecular formula is C23H21F3N2O3. The Morgan fingerprint density at radius 2 is 1.87 bits per heavy atom. The molecule has 0 spiro atoms. The molecule has 1 amide bonds. The zero-order valence-corrected chi connectivity index (χ0v) is 16.6. The summed E-state index contributed by atoms with van der Waals surface area (Å²) in [4.78, 5) is 15.1. The monoisotopic (exact) mass is 430 g/mol. The van der Waals surface area contributed by atoms with Crippen LogP contribution < -0.4 is 5.32 Å². The topological polar surface area (TPSA) is 63.4 Å². The third-order valence-corrected chi connectivity index (χ3v) is 6.03. The molecule has 2 fully saturated rings. The number of hydrogen-bond donors (Lipinski definition) is 2. The van der Waals surface area contributed by atoms with Crippen LogP contribution in [-0.2, 0) is 9.47 Å². The van der Waals surface area contributed by atoms with E-state index in [-0.39, 0.29) is 29.4 Å². The first-order valence-corrected chi connectivity index (χ1v) is 10.3. The van der Waals surface area contributed by atoms with E-state index >= 15 is 0 Å². The van der Waals surface area contributed by atoms with Crippen LogP contribution in [0.5, 0.6) is 0 Å². The molecule has 5 nitrogen and oxygen atoms in total. The second kappa shape index (κ2) is 7.92. The van der Waals surface area contributed by atoms with E-state index in [1.54, 1.807) is 12.1 Å². The minimum Gasteiger partial charge on any atom is -0.446 e. The number of alkyl carbamates (subject to hydrolysis) is 1. The highest BCUT2D eigenvalue weighted by molar-refractivity contribution is 5.92. The number of hydrogen-bond acceptors (Lipinski definition) is 3. The Hall–Kier alpha value is -3.00. The van der Waals surface area contributed by atoms with Crippen LogP contribution in [0, 0.1) is 17.5 Å². The first kappa shape index (κ1) is 19.9. The molecule has 2 aromatic carbocycles. The minimum atomic E-state index is -0.685. The summed E-state index contributed by atoms with van der Waals surface area (Å²) in [6, 6.07) is 7.95. The second-order valence-corrected chi connectivity index (χ2v) is 8.13. The Morgan fingerprint density at radius 1 is 1.10 bits per heavy atom. The van der Waals surface area contributed by atoms with Crippen molar-refractivity contribution in [3.63, 3.8) is 0 Å². The minimum absolute atomic E-state index is 0.0342. The van der Waals surface area contributed by atoms with Crippen LogP contribution in [0.25, 0.3) is 22.2 Å². The number of halogens is 3. The first-order chi connectivity index (χ1) is 15.0. The third-order valence-electron chi connectivity index (χ3n) is 6.03. The fraction of sp³-hybridized carbons (Fsp3) is 0.348. The van der Waals surface area contributed by atoms with Crippen LogP contribution >= 0.6 is 0 Å². The summed E-state index contributed by atoms with van der Waals surface area (Å²) < 4.78 is 52.5. The lowest BCUT2D eigenvalue weighted by molar-refractivity contribution is 0.0377. The largest absolute Gasteiger partial charge is 0.446 e. The summed E-state index contributed by atoms with van der Waals surface area (Å²) in [5.74, 6) is -1.78. The van der Waals surface area contributed by atoms with E-state index < -0.39 is 17.7 Å². The number of aromatic amines is 1. The molecule has 162 valence electrons. The van der Waals surface area contributed by atoms with Crippen LogP contribution in [0.4, 0.5) is 18.0 Å². The van der Waals surface area contributed by atoms with Crippen LogP contribution in [0.3, 0.4) is 0 Å². The Balaban J connectivity index is 1.39. The van der Waals surface area contributed by atoms with Gasteiger partial charge in [0, 0.05) is 18.1 Å². The molecule has 1 aliphatic heterocycles. The van der Waals surface area contributed by atoms with Gasteiger partial charge >= 0.3 is 6.09 Å². The van der Waals surface area contributed by atoms with Gasteiger partial charge in [-0.15, -0.1) is 0 Å². The molecular weight excluding hydrogens is 409 g/mol. The zero-order valence-electron chi connectivity index (χ0n) is 16.6. The Morgan fingerprint density at radius 3 is 2.58 bits per heavy atom. The first-order valence-electron chi connectivity index (χ1n) is 10.3. The van der Waals surface area contributed by atoms with Crippen LogP contribution in [0.15, 0.2) is 36.4 Å². The fourth-order valence-corrected chi connectivity index (χ4v) is 4.41. The molecule has 1 unspecified atom stereocenters. The number of benzene rings is 2. The number of nitrogens with one attached hydrogen (secondary N) is 2. The average molecular weight is 430 g/mol. The van der Waals surface area contributed by atoms with Gasteiger partial charge in [0.05, 0.1) is 23.9 Å². The molecule has 1 aliphatic carbocycles. The maximum Gasteiger partial charge on any atom is 0.407 e. The molecule has 1 aromatic heterocycles. The second-order valence-electron chi connectivity index (χ2n) is 8.13. The lowest BCUT2D eigenvalue weighted by atomic mass is 9.75. The van der Waals surface area contributed by atoms with Crippen molar-refractivity contribution in [2.24, 2.45) is 0 Å². The van der Waals surface area contributed by atoms with Gasteiger partial charge in [0.1, 0.15) is 23.6 Å². The maximum atomic E-state index is 14.4. The van der Waals surface area contributed by atoms with Crippen molar-refractivity contribution in [2.45, 2.75) is 37.3 Å². The van der Waals surface area contributed by atoms with Gasteiger partial charge in [-0.3, -0.25) is 0 Å². The number of fused-ring (bicyclic) bond motifs is 1. The molecule has 1 saturated heterocycles. The predicted molar refractivity (Wildman–Crippen MR) is 108 cm³/mol. The highest BCUT2D eigenvalue weighted by Gasteiger charge is 2.37. The molecule has 31 heavy (non-hydrogen) atoms. The molecule has 2 heterocycles. The maximum absolute atomic E-state index is 14.4. The SMILES string of the molecule is O=C(NC1CCOC1)O[C@H]1C[C@H](c2c(-c3ccc(F)cc3)[nH]c3c(F)cc(F)cc32)C1. The van der Waals surface area contributed by atoms with Gasteiger partial charge < -0.3 is 19.8 Å². The Bertz CT molecular complexity index is 1120. The van der Waals surface area contributed by atoms with Gasteiger partial charge in [0.25, 0.3) is 0 Å². The number of amides is 1. The number of aromatic nitrogens is 1. The Kier molecular flexibility index (Phi) is 5.09. The Labute approximate surface area is 176 Å². The van der Waals surface area contributed by atoms with E-state index in [0.717, 1.165) is 18.1 Å². The zero-order chi connectivity index (χ0) is 21.5. The lowest BCUT2D eigenvalue weighted by Crippen LogP contribution is -2.40. The van der Waals surface area contributed by atoms with E-state index in [1.165, 1.54) is 18.2 Å². The summed E-state index contributed by atoms with van der Waals surface area (Å²) >= 11 is 0. The average Bonchev–Trinajstić information content (AvgIpc) is 3.33. The molecule has 8 heteroatoms. The molecule has 2 N–H and O–H groups in total. The van der Waals surface area contributed by atoms with Gasteiger partial charge in [-0.2, -0.15) is 0 Å². The van der Waals surface area contributed by atoms with Crippen molar-refractivity contribution in [1.29, 1.82) is 0 Å². The van der Waals surface area contributed by atoms with Crippen LogP contribution in [0.1, 0.15) is 30.7 Å². The van der Waals surface area contributed by atoms with Crippen molar-refractivity contribution < 1.29 is 27.4 Å².